The Kier molecular flexibility index (Phi) is 6.01. The highest BCUT2D eigenvalue weighted by molar-refractivity contribution is 7.13. The lowest BCUT2D eigenvalue weighted by molar-refractivity contribution is 0.208. The first-order chi connectivity index (χ1) is 14.6. The number of thiophene rings is 1. The van der Waals surface area contributed by atoms with E-state index >= 15 is 0 Å². The summed E-state index contributed by atoms with van der Waals surface area (Å²) in [7, 11) is 3.64. The molecule has 0 atom stereocenters. The number of methoxy groups -OCH3 is 1. The number of amidine groups is 1. The molecule has 1 aliphatic rings. The number of aromatic nitrogens is 4. The summed E-state index contributed by atoms with van der Waals surface area (Å²) in [6.45, 7) is 3.31. The third-order valence-corrected chi connectivity index (χ3v) is 6.04. The molecule has 9 heteroatoms. The molecule has 4 rings (SSSR count). The Morgan fingerprint density at radius 3 is 3.03 bits per heavy atom. The van der Waals surface area contributed by atoms with Crippen LogP contribution in [0.25, 0.3) is 21.8 Å². The predicted molar refractivity (Wildman–Crippen MR) is 121 cm³/mol. The first kappa shape index (κ1) is 20.4. The summed E-state index contributed by atoms with van der Waals surface area (Å²) < 4.78 is 6.94. The van der Waals surface area contributed by atoms with Gasteiger partial charge in [-0.05, 0) is 42.3 Å². The molecular weight excluding hydrogens is 398 g/mol. The lowest BCUT2D eigenvalue weighted by atomic mass is 9.92. The highest BCUT2D eigenvalue weighted by Gasteiger charge is 2.28. The number of nitrogens with zero attached hydrogens (tertiary/aromatic N) is 6. The van der Waals surface area contributed by atoms with Gasteiger partial charge in [-0.15, -0.1) is 11.3 Å². The number of fused-ring (bicyclic) bond motifs is 3. The molecular formula is C21H25N7OS. The lowest BCUT2D eigenvalue weighted by Gasteiger charge is -2.15. The van der Waals surface area contributed by atoms with Gasteiger partial charge in [-0.25, -0.2) is 9.97 Å². The summed E-state index contributed by atoms with van der Waals surface area (Å²) in [4.78, 5) is 19.0. The Labute approximate surface area is 179 Å². The summed E-state index contributed by atoms with van der Waals surface area (Å²) in [6.07, 6.45) is 5.80. The minimum absolute atomic E-state index is 0.363. The normalized spacial score (nSPS) is 13.6. The zero-order valence-electron chi connectivity index (χ0n) is 17.4. The van der Waals surface area contributed by atoms with Gasteiger partial charge < -0.3 is 10.5 Å². The Morgan fingerprint density at radius 1 is 1.40 bits per heavy atom. The average molecular weight is 424 g/mol. The number of aryl methyl sites for hydroxylation is 4. The van der Waals surface area contributed by atoms with Crippen LogP contribution in [0.2, 0.25) is 0 Å². The van der Waals surface area contributed by atoms with E-state index < -0.39 is 0 Å². The van der Waals surface area contributed by atoms with Crippen LogP contribution >= 0.6 is 11.3 Å². The molecule has 0 fully saturated rings. The molecule has 2 N–H and O–H groups in total. The number of hydrogen-bond acceptors (Lipinski definition) is 7. The van der Waals surface area contributed by atoms with Crippen LogP contribution in [0.1, 0.15) is 23.2 Å². The van der Waals surface area contributed by atoms with Crippen LogP contribution in [0, 0.1) is 6.92 Å². The fourth-order valence-electron chi connectivity index (χ4n) is 3.55. The molecule has 0 saturated carbocycles. The maximum atomic E-state index is 6.05. The summed E-state index contributed by atoms with van der Waals surface area (Å²) in [6, 6.07) is 2.13. The van der Waals surface area contributed by atoms with E-state index in [2.05, 4.69) is 33.3 Å². The fraction of sp³-hybridized carbons (Fsp3) is 0.381. The van der Waals surface area contributed by atoms with Crippen molar-refractivity contribution in [3.05, 3.63) is 34.5 Å². The third kappa shape index (κ3) is 4.03. The van der Waals surface area contributed by atoms with Gasteiger partial charge in [0.05, 0.1) is 40.7 Å². The minimum atomic E-state index is 0.363. The topological polar surface area (TPSA) is 104 Å². The largest absolute Gasteiger partial charge is 0.387 e. The minimum Gasteiger partial charge on any atom is -0.387 e. The van der Waals surface area contributed by atoms with Crippen LogP contribution in [-0.4, -0.2) is 52.1 Å². The standard InChI is InChI=1S/C21H25N7OS/c1-13-7-11-30-20(13)19-17-15(27-28(19)2)5-4-14-12-24-21(26-18(14)17)25-16(22)6-8-23-9-10-29-3/h7-8,11-12H,4-6,9-10H2,1-3H3,(H2,22,24,25,26). The van der Waals surface area contributed by atoms with Gasteiger partial charge in [-0.3, -0.25) is 9.67 Å². The average Bonchev–Trinajstić information content (AvgIpc) is 3.29. The Morgan fingerprint density at radius 2 is 2.27 bits per heavy atom. The molecule has 3 aromatic heterocycles. The van der Waals surface area contributed by atoms with E-state index in [1.54, 1.807) is 24.7 Å². The Bertz CT molecular complexity index is 1110. The van der Waals surface area contributed by atoms with Crippen LogP contribution in [0.3, 0.4) is 0 Å². The van der Waals surface area contributed by atoms with Crippen LogP contribution in [0.4, 0.5) is 5.95 Å². The lowest BCUT2D eigenvalue weighted by Crippen LogP contribution is -2.12. The van der Waals surface area contributed by atoms with E-state index in [9.17, 15) is 0 Å². The van der Waals surface area contributed by atoms with Gasteiger partial charge in [0, 0.05) is 33.0 Å². The van der Waals surface area contributed by atoms with Crippen LogP contribution in [0.15, 0.2) is 27.6 Å². The first-order valence-electron chi connectivity index (χ1n) is 9.85. The van der Waals surface area contributed by atoms with Gasteiger partial charge in [0.25, 0.3) is 5.95 Å². The second-order valence-corrected chi connectivity index (χ2v) is 8.08. The van der Waals surface area contributed by atoms with Crippen molar-refractivity contribution in [1.82, 2.24) is 19.7 Å². The molecule has 30 heavy (non-hydrogen) atoms. The third-order valence-electron chi connectivity index (χ3n) is 5.01. The predicted octanol–water partition coefficient (Wildman–Crippen LogP) is 3.11. The summed E-state index contributed by atoms with van der Waals surface area (Å²) in [5, 5.41) is 6.89. The van der Waals surface area contributed by atoms with Gasteiger partial charge >= 0.3 is 0 Å². The van der Waals surface area contributed by atoms with E-state index in [4.69, 9.17) is 20.6 Å². The molecule has 3 aromatic rings. The summed E-state index contributed by atoms with van der Waals surface area (Å²) in [5.74, 6) is 0.787. The number of hydrogen-bond donors (Lipinski definition) is 1. The summed E-state index contributed by atoms with van der Waals surface area (Å²) >= 11 is 1.72. The second-order valence-electron chi connectivity index (χ2n) is 7.16. The molecule has 0 unspecified atom stereocenters. The molecule has 0 saturated heterocycles. The van der Waals surface area contributed by atoms with Gasteiger partial charge in [0.15, 0.2) is 0 Å². The van der Waals surface area contributed by atoms with Gasteiger partial charge in [-0.1, -0.05) is 0 Å². The highest BCUT2D eigenvalue weighted by Crippen LogP contribution is 2.42. The fourth-order valence-corrected chi connectivity index (χ4v) is 4.56. The van der Waals surface area contributed by atoms with Crippen LogP contribution < -0.4 is 5.73 Å². The number of aliphatic imine (C=N–C) groups is 2. The Hall–Kier alpha value is -2.91. The number of ether oxygens (including phenoxy) is 1. The smallest absolute Gasteiger partial charge is 0.251 e. The van der Waals surface area contributed by atoms with Gasteiger partial charge in [-0.2, -0.15) is 10.1 Å². The van der Waals surface area contributed by atoms with Gasteiger partial charge in [0.1, 0.15) is 5.84 Å². The zero-order valence-corrected chi connectivity index (χ0v) is 18.2. The van der Waals surface area contributed by atoms with Crippen molar-refractivity contribution < 1.29 is 4.74 Å². The number of nitrogens with two attached hydrogens (primary N) is 1. The van der Waals surface area contributed by atoms with Crippen molar-refractivity contribution in [3.63, 3.8) is 0 Å². The quantitative estimate of drug-likeness (QED) is 0.357. The van der Waals surface area contributed by atoms with Crippen LogP contribution in [-0.2, 0) is 24.6 Å². The molecule has 1 aliphatic carbocycles. The maximum absolute atomic E-state index is 6.05. The highest BCUT2D eigenvalue weighted by atomic mass is 32.1. The van der Waals surface area contributed by atoms with Crippen molar-refractivity contribution in [3.8, 4) is 21.8 Å². The first-order valence-corrected chi connectivity index (χ1v) is 10.7. The molecule has 0 radical (unpaired) electrons. The molecule has 0 amide bonds. The van der Waals surface area contributed by atoms with Crippen molar-refractivity contribution in [2.75, 3.05) is 20.3 Å². The van der Waals surface area contributed by atoms with E-state index in [1.807, 2.05) is 17.9 Å². The molecule has 3 heterocycles. The SMILES string of the molecule is COCCN=CCC(N)=Nc1ncc2c(n1)-c1c(nn(C)c1-c1sccc1C)CC2. The van der Waals surface area contributed by atoms with Crippen LogP contribution in [0.5, 0.6) is 0 Å². The Balaban J connectivity index is 1.68. The molecule has 0 bridgehead atoms. The molecule has 156 valence electrons. The van der Waals surface area contributed by atoms with Crippen molar-refractivity contribution in [1.29, 1.82) is 0 Å². The van der Waals surface area contributed by atoms with E-state index in [1.165, 1.54) is 10.4 Å². The van der Waals surface area contributed by atoms with Crippen molar-refractivity contribution in [2.45, 2.75) is 26.2 Å². The monoisotopic (exact) mass is 423 g/mol. The van der Waals surface area contributed by atoms with E-state index in [0.717, 1.165) is 41.1 Å². The number of rotatable bonds is 7. The van der Waals surface area contributed by atoms with Crippen molar-refractivity contribution in [2.24, 2.45) is 22.8 Å². The second kappa shape index (κ2) is 8.85. The molecule has 8 nitrogen and oxygen atoms in total. The van der Waals surface area contributed by atoms with Crippen molar-refractivity contribution >= 4 is 29.3 Å². The zero-order chi connectivity index (χ0) is 21.1. The van der Waals surface area contributed by atoms with E-state index in [-0.39, 0.29) is 0 Å². The molecule has 0 aromatic carbocycles. The molecule has 0 aliphatic heterocycles. The van der Waals surface area contributed by atoms with E-state index in [0.29, 0.717) is 31.4 Å². The molecule has 0 spiro atoms. The summed E-state index contributed by atoms with van der Waals surface area (Å²) in [5.41, 5.74) is 12.6. The van der Waals surface area contributed by atoms with Gasteiger partial charge in [0.2, 0.25) is 0 Å². The maximum Gasteiger partial charge on any atom is 0.251 e.